The molecule has 1 aromatic carbocycles. The fraction of sp³-hybridized carbons (Fsp3) is 0.577. The molecule has 2 fully saturated rings. The van der Waals surface area contributed by atoms with E-state index in [2.05, 4.69) is 9.97 Å². The highest BCUT2D eigenvalue weighted by Crippen LogP contribution is 2.37. The van der Waals surface area contributed by atoms with Crippen LogP contribution in [0.15, 0.2) is 24.5 Å². The van der Waals surface area contributed by atoms with Crippen LogP contribution in [0, 0.1) is 18.3 Å². The Labute approximate surface area is 225 Å². The van der Waals surface area contributed by atoms with Gasteiger partial charge in [0.2, 0.25) is 11.8 Å². The second-order valence-corrected chi connectivity index (χ2v) is 11.5. The van der Waals surface area contributed by atoms with Crippen LogP contribution in [0.25, 0.3) is 0 Å². The number of benzene rings is 1. The van der Waals surface area contributed by atoms with Gasteiger partial charge in [-0.15, -0.1) is 0 Å². The lowest BCUT2D eigenvalue weighted by Gasteiger charge is -2.44. The highest BCUT2D eigenvalue weighted by molar-refractivity contribution is 7.75. The molecule has 0 spiro atoms. The lowest BCUT2D eigenvalue weighted by molar-refractivity contribution is 0.0113. The van der Waals surface area contributed by atoms with Gasteiger partial charge in [-0.2, -0.15) is 4.21 Å². The lowest BCUT2D eigenvalue weighted by atomic mass is 9.80. The minimum absolute atomic E-state index is 0.0910. The Hall–Kier alpha value is -2.96. The number of methoxy groups -OCH3 is 1. The van der Waals surface area contributed by atoms with E-state index < -0.39 is 17.5 Å². The van der Waals surface area contributed by atoms with E-state index in [0.29, 0.717) is 67.8 Å². The average Bonchev–Trinajstić information content (AvgIpc) is 2.88. The second kappa shape index (κ2) is 11.8. The lowest BCUT2D eigenvalue weighted by Crippen LogP contribution is -2.53. The number of amides is 1. The summed E-state index contributed by atoms with van der Waals surface area (Å²) in [5, 5.41) is 9.64. The van der Waals surface area contributed by atoms with Gasteiger partial charge in [0.05, 0.1) is 25.9 Å². The number of aromatic nitrogens is 2. The van der Waals surface area contributed by atoms with E-state index in [-0.39, 0.29) is 23.5 Å². The first kappa shape index (κ1) is 28.1. The van der Waals surface area contributed by atoms with E-state index in [4.69, 9.17) is 22.6 Å². The molecule has 2 aliphatic rings. The van der Waals surface area contributed by atoms with E-state index in [1.807, 2.05) is 45.9 Å². The molecule has 38 heavy (non-hydrogen) atoms. The third-order valence-corrected chi connectivity index (χ3v) is 7.49. The Bertz CT molecular complexity index is 1160. The van der Waals surface area contributed by atoms with Crippen molar-refractivity contribution in [1.29, 1.82) is 0 Å². The molecule has 4 rings (SSSR count). The number of likely N-dealkylation sites (tertiary alicyclic amines) is 1. The number of carboxylic acid groups (broad SMARTS) is 1. The molecule has 0 bridgehead atoms. The van der Waals surface area contributed by atoms with Crippen molar-refractivity contribution < 1.29 is 36.7 Å². The summed E-state index contributed by atoms with van der Waals surface area (Å²) in [4.78, 5) is 21.9. The van der Waals surface area contributed by atoms with E-state index in [0.717, 1.165) is 5.56 Å². The van der Waals surface area contributed by atoms with Crippen molar-refractivity contribution >= 4 is 17.5 Å². The van der Waals surface area contributed by atoms with Crippen LogP contribution in [0.1, 0.15) is 44.7 Å². The first-order valence-electron chi connectivity index (χ1n) is 12.6. The molecule has 1 N–H and O–H groups in total. The van der Waals surface area contributed by atoms with Crippen molar-refractivity contribution in [2.45, 2.75) is 59.1 Å². The van der Waals surface area contributed by atoms with E-state index in [9.17, 15) is 14.1 Å². The molecule has 1 aromatic heterocycles. The van der Waals surface area contributed by atoms with Crippen molar-refractivity contribution in [3.05, 3.63) is 35.7 Å². The van der Waals surface area contributed by atoms with Crippen LogP contribution in [0.4, 0.5) is 4.79 Å². The quantitative estimate of drug-likeness (QED) is 0.533. The van der Waals surface area contributed by atoms with Crippen LogP contribution < -0.4 is 14.2 Å². The summed E-state index contributed by atoms with van der Waals surface area (Å²) in [5.41, 5.74) is 1.41. The summed E-state index contributed by atoms with van der Waals surface area (Å²) in [7, 11) is 1.57. The van der Waals surface area contributed by atoms with Crippen molar-refractivity contribution in [1.82, 2.24) is 14.9 Å². The highest BCUT2D eigenvalue weighted by Gasteiger charge is 2.39. The van der Waals surface area contributed by atoms with Crippen LogP contribution >= 0.6 is 0 Å². The summed E-state index contributed by atoms with van der Waals surface area (Å²) in [6.45, 7) is 9.06. The largest absolute Gasteiger partial charge is 0.493 e. The van der Waals surface area contributed by atoms with Crippen molar-refractivity contribution in [3.63, 3.8) is 0 Å². The van der Waals surface area contributed by atoms with Gasteiger partial charge >= 0.3 is 17.5 Å². The Kier molecular flexibility index (Phi) is 8.74. The monoisotopic (exact) mass is 549 g/mol. The van der Waals surface area contributed by atoms with Crippen LogP contribution in [-0.2, 0) is 26.1 Å². The van der Waals surface area contributed by atoms with Gasteiger partial charge in [0.15, 0.2) is 11.5 Å². The first-order valence-corrected chi connectivity index (χ1v) is 13.6. The van der Waals surface area contributed by atoms with Gasteiger partial charge < -0.3 is 24.2 Å². The van der Waals surface area contributed by atoms with Gasteiger partial charge in [-0.1, -0.05) is 26.8 Å². The number of ether oxygens (including phenoxy) is 3. The van der Waals surface area contributed by atoms with Crippen LogP contribution in [-0.4, -0.2) is 69.3 Å². The van der Waals surface area contributed by atoms with E-state index >= 15 is 0 Å². The van der Waals surface area contributed by atoms with Gasteiger partial charge in [0.25, 0.3) is 0 Å². The molecular formula is C26H35N3O8S. The second-order valence-electron chi connectivity index (χ2n) is 10.7. The summed E-state index contributed by atoms with van der Waals surface area (Å²) >= 11 is -1.66. The fourth-order valence-electron chi connectivity index (χ4n) is 4.75. The molecule has 208 valence electrons. The van der Waals surface area contributed by atoms with Crippen molar-refractivity contribution in [2.24, 2.45) is 11.3 Å². The minimum Gasteiger partial charge on any atom is -0.493 e. The number of piperidine rings is 1. The van der Waals surface area contributed by atoms with E-state index in [1.165, 1.54) is 11.2 Å². The van der Waals surface area contributed by atoms with Gasteiger partial charge in [-0.05, 0) is 36.5 Å². The molecular weight excluding hydrogens is 514 g/mol. The summed E-state index contributed by atoms with van der Waals surface area (Å²) in [6, 6.07) is 5.46. The first-order chi connectivity index (χ1) is 18.0. The normalized spacial score (nSPS) is 24.1. The maximum atomic E-state index is 11.7. The molecule has 2 saturated heterocycles. The standard InChI is InChI=1S/C26H35N3O8S/c1-16-23(36-19-8-9-29(25(30)31)22(12-19)26(2,3)4)27-15-28-24(16)37-20-7-6-17(11-21(20)33-5)10-18-13-34-38(32)35-14-18/h6-7,11,15,18-19,22H,8-10,12-14H2,1-5H3,(H,30,31)/t18?,19-,22-,38?/m1/s1. The van der Waals surface area contributed by atoms with Crippen LogP contribution in [0.2, 0.25) is 0 Å². The number of rotatable bonds is 7. The molecule has 2 aromatic rings. The Balaban J connectivity index is 1.46. The van der Waals surface area contributed by atoms with Gasteiger partial charge in [0, 0.05) is 31.3 Å². The highest BCUT2D eigenvalue weighted by atomic mass is 32.2. The summed E-state index contributed by atoms with van der Waals surface area (Å²) in [6.07, 6.45) is 2.11. The molecule has 2 aliphatic heterocycles. The maximum absolute atomic E-state index is 11.7. The molecule has 0 saturated carbocycles. The minimum atomic E-state index is -1.66. The number of hydrogen-bond donors (Lipinski definition) is 1. The van der Waals surface area contributed by atoms with Crippen molar-refractivity contribution in [3.8, 4) is 23.3 Å². The van der Waals surface area contributed by atoms with Crippen molar-refractivity contribution in [2.75, 3.05) is 26.9 Å². The molecule has 3 heterocycles. The number of hydrogen-bond acceptors (Lipinski definition) is 9. The zero-order valence-corrected chi connectivity index (χ0v) is 23.2. The maximum Gasteiger partial charge on any atom is 0.407 e. The average molecular weight is 550 g/mol. The zero-order chi connectivity index (χ0) is 27.4. The third-order valence-electron chi connectivity index (χ3n) is 6.83. The summed E-state index contributed by atoms with van der Waals surface area (Å²) in [5.74, 6) is 1.87. The predicted octanol–water partition coefficient (Wildman–Crippen LogP) is 4.31. The SMILES string of the molecule is COc1cc(CC2COS(=O)OC2)ccc1Oc1ncnc(O[C@@H]2CCN(C(=O)O)[C@@H](C(C)(C)C)C2)c1C. The molecule has 2 atom stereocenters. The number of carbonyl (C=O) groups is 1. The Morgan fingerprint density at radius 1 is 1.18 bits per heavy atom. The third kappa shape index (κ3) is 6.72. The molecule has 12 heteroatoms. The molecule has 0 unspecified atom stereocenters. The smallest absolute Gasteiger partial charge is 0.407 e. The predicted molar refractivity (Wildman–Crippen MR) is 139 cm³/mol. The molecule has 0 aliphatic carbocycles. The molecule has 0 radical (unpaired) electrons. The topological polar surface area (TPSA) is 130 Å². The van der Waals surface area contributed by atoms with Gasteiger partial charge in [0.1, 0.15) is 12.4 Å². The fourth-order valence-corrected chi connectivity index (χ4v) is 5.43. The van der Waals surface area contributed by atoms with Gasteiger partial charge in [-0.3, -0.25) is 8.37 Å². The Morgan fingerprint density at radius 2 is 1.89 bits per heavy atom. The van der Waals surface area contributed by atoms with Crippen LogP contribution in [0.3, 0.4) is 0 Å². The molecule has 11 nitrogen and oxygen atoms in total. The zero-order valence-electron chi connectivity index (χ0n) is 22.3. The van der Waals surface area contributed by atoms with E-state index in [1.54, 1.807) is 7.11 Å². The molecule has 1 amide bonds. The van der Waals surface area contributed by atoms with Crippen LogP contribution in [0.5, 0.6) is 23.3 Å². The summed E-state index contributed by atoms with van der Waals surface area (Å²) < 4.78 is 39.3. The van der Waals surface area contributed by atoms with Gasteiger partial charge in [-0.25, -0.2) is 14.8 Å². The number of nitrogens with zero attached hydrogens (tertiary/aromatic N) is 3. The Morgan fingerprint density at radius 3 is 2.55 bits per heavy atom.